The molecule has 0 spiro atoms. The molecule has 1 N–H and O–H groups in total. The molecule has 4 heteroatoms. The molecule has 20 heavy (non-hydrogen) atoms. The number of hydrogen-bond donors (Lipinski definition) is 1. The lowest BCUT2D eigenvalue weighted by Gasteiger charge is -2.32. The Morgan fingerprint density at radius 2 is 1.65 bits per heavy atom. The van der Waals surface area contributed by atoms with Crippen LogP contribution in [0.3, 0.4) is 0 Å². The van der Waals surface area contributed by atoms with Gasteiger partial charge in [-0.25, -0.2) is 0 Å². The number of nitrogens with zero attached hydrogens (tertiary/aromatic N) is 1. The highest BCUT2D eigenvalue weighted by Gasteiger charge is 2.29. The summed E-state index contributed by atoms with van der Waals surface area (Å²) in [6.07, 6.45) is 0. The first-order valence-corrected chi connectivity index (χ1v) is 8.01. The number of aromatic hydroxyl groups is 1. The fourth-order valence-electron chi connectivity index (χ4n) is 2.09. The maximum atomic E-state index is 9.94. The molecule has 2 nitrogen and oxygen atoms in total. The van der Waals surface area contributed by atoms with Gasteiger partial charge in [0.05, 0.1) is 0 Å². The van der Waals surface area contributed by atoms with E-state index in [2.05, 4.69) is 32.9 Å². The van der Waals surface area contributed by atoms with Crippen LogP contribution in [0.2, 0.25) is 0 Å². The van der Waals surface area contributed by atoms with Crippen molar-refractivity contribution >= 4 is 28.3 Å². The monoisotopic (exact) mass is 311 g/mol. The van der Waals surface area contributed by atoms with Crippen molar-refractivity contribution in [3.63, 3.8) is 0 Å². The molecule has 1 aromatic carbocycles. The standard InChI is InChI=1S/C16H25NOS2/c1-10-8-12(9-11(2)13(10)18)14(16(3,4)5)20-15(19)17(6)7/h8-9,14,18H,1-7H3. The molecule has 1 rings (SSSR count). The highest BCUT2D eigenvalue weighted by Crippen LogP contribution is 2.45. The van der Waals surface area contributed by atoms with Gasteiger partial charge in [0, 0.05) is 19.3 Å². The molecule has 0 amide bonds. The van der Waals surface area contributed by atoms with Crippen molar-refractivity contribution in [1.29, 1.82) is 0 Å². The molecule has 0 aliphatic heterocycles. The predicted octanol–water partition coefficient (Wildman–Crippen LogP) is 4.68. The van der Waals surface area contributed by atoms with Crippen molar-refractivity contribution in [3.05, 3.63) is 28.8 Å². The Hall–Kier alpha value is -0.740. The fraction of sp³-hybridized carbons (Fsp3) is 0.562. The second kappa shape index (κ2) is 6.35. The van der Waals surface area contributed by atoms with Gasteiger partial charge in [0.15, 0.2) is 0 Å². The molecule has 0 radical (unpaired) electrons. The zero-order chi connectivity index (χ0) is 15.7. The molecule has 1 atom stereocenters. The largest absolute Gasteiger partial charge is 0.507 e. The number of hydrogen-bond acceptors (Lipinski definition) is 3. The number of rotatable bonds is 2. The Morgan fingerprint density at radius 1 is 1.20 bits per heavy atom. The molecule has 0 aliphatic rings. The maximum Gasteiger partial charge on any atom is 0.136 e. The van der Waals surface area contributed by atoms with E-state index in [4.69, 9.17) is 12.2 Å². The van der Waals surface area contributed by atoms with Gasteiger partial charge >= 0.3 is 0 Å². The molecule has 1 aromatic rings. The molecule has 0 aliphatic carbocycles. The summed E-state index contributed by atoms with van der Waals surface area (Å²) in [6, 6.07) is 4.15. The van der Waals surface area contributed by atoms with Crippen molar-refractivity contribution in [3.8, 4) is 5.75 Å². The van der Waals surface area contributed by atoms with Gasteiger partial charge in [0.25, 0.3) is 0 Å². The van der Waals surface area contributed by atoms with Crippen LogP contribution >= 0.6 is 24.0 Å². The number of thiocarbonyl (C=S) groups is 1. The van der Waals surface area contributed by atoms with Crippen molar-refractivity contribution in [1.82, 2.24) is 4.90 Å². The molecule has 0 heterocycles. The Balaban J connectivity index is 3.22. The third-order valence-corrected chi connectivity index (χ3v) is 5.62. The van der Waals surface area contributed by atoms with Crippen LogP contribution in [-0.4, -0.2) is 28.4 Å². The van der Waals surface area contributed by atoms with E-state index in [1.54, 1.807) is 11.8 Å². The Morgan fingerprint density at radius 3 is 2.00 bits per heavy atom. The zero-order valence-corrected chi connectivity index (χ0v) is 15.1. The molecule has 0 bridgehead atoms. The summed E-state index contributed by atoms with van der Waals surface area (Å²) in [4.78, 5) is 1.97. The van der Waals surface area contributed by atoms with Gasteiger partial charge in [0.2, 0.25) is 0 Å². The minimum atomic E-state index is 0.0839. The molecule has 1 unspecified atom stereocenters. The highest BCUT2D eigenvalue weighted by atomic mass is 32.2. The third-order valence-electron chi connectivity index (χ3n) is 3.19. The van der Waals surface area contributed by atoms with E-state index in [0.29, 0.717) is 5.75 Å². The first-order valence-electron chi connectivity index (χ1n) is 6.72. The van der Waals surface area contributed by atoms with Crippen LogP contribution in [-0.2, 0) is 0 Å². The van der Waals surface area contributed by atoms with E-state index >= 15 is 0 Å². The summed E-state index contributed by atoms with van der Waals surface area (Å²) >= 11 is 7.17. The molecule has 0 saturated carbocycles. The van der Waals surface area contributed by atoms with Crippen LogP contribution in [0.15, 0.2) is 12.1 Å². The SMILES string of the molecule is Cc1cc(C(SC(=S)N(C)C)C(C)(C)C)cc(C)c1O. The van der Waals surface area contributed by atoms with Crippen LogP contribution in [0.4, 0.5) is 0 Å². The summed E-state index contributed by atoms with van der Waals surface area (Å²) < 4.78 is 0.883. The van der Waals surface area contributed by atoms with E-state index in [1.807, 2.05) is 32.8 Å². The van der Waals surface area contributed by atoms with Crippen molar-refractivity contribution in [2.45, 2.75) is 39.9 Å². The number of phenols is 1. The van der Waals surface area contributed by atoms with Gasteiger partial charge in [-0.15, -0.1) is 0 Å². The molecule has 0 saturated heterocycles. The smallest absolute Gasteiger partial charge is 0.136 e. The minimum Gasteiger partial charge on any atom is -0.507 e. The van der Waals surface area contributed by atoms with Crippen LogP contribution < -0.4 is 0 Å². The van der Waals surface area contributed by atoms with Crippen LogP contribution in [0, 0.1) is 19.3 Å². The topological polar surface area (TPSA) is 23.5 Å². The number of phenolic OH excluding ortho intramolecular Hbond substituents is 1. The Labute approximate surface area is 132 Å². The number of thioether (sulfide) groups is 1. The lowest BCUT2D eigenvalue weighted by Crippen LogP contribution is -2.23. The summed E-state index contributed by atoms with van der Waals surface area (Å²) in [6.45, 7) is 10.6. The highest BCUT2D eigenvalue weighted by molar-refractivity contribution is 8.23. The van der Waals surface area contributed by atoms with E-state index in [1.165, 1.54) is 5.56 Å². The van der Waals surface area contributed by atoms with Gasteiger partial charge < -0.3 is 10.0 Å². The van der Waals surface area contributed by atoms with E-state index < -0.39 is 0 Å². The summed E-state index contributed by atoms with van der Waals surface area (Å²) in [5, 5.41) is 10.2. The average Bonchev–Trinajstić information content (AvgIpc) is 2.30. The first kappa shape index (κ1) is 17.3. The lowest BCUT2D eigenvalue weighted by molar-refractivity contribution is 0.401. The lowest BCUT2D eigenvalue weighted by atomic mass is 9.86. The summed E-state index contributed by atoms with van der Waals surface area (Å²) in [5.41, 5.74) is 3.15. The maximum absolute atomic E-state index is 9.94. The molecule has 0 aromatic heterocycles. The van der Waals surface area contributed by atoms with Gasteiger partial charge in [-0.2, -0.15) is 0 Å². The van der Waals surface area contributed by atoms with E-state index in [0.717, 1.165) is 15.4 Å². The van der Waals surface area contributed by atoms with Crippen molar-refractivity contribution < 1.29 is 5.11 Å². The molecular weight excluding hydrogens is 286 g/mol. The van der Waals surface area contributed by atoms with E-state index in [-0.39, 0.29) is 10.7 Å². The predicted molar refractivity (Wildman–Crippen MR) is 93.7 cm³/mol. The molecule has 0 fully saturated rings. The molecule has 112 valence electrons. The van der Waals surface area contributed by atoms with Gasteiger partial charge in [0.1, 0.15) is 10.1 Å². The second-order valence-electron chi connectivity index (χ2n) is 6.53. The van der Waals surface area contributed by atoms with Gasteiger partial charge in [-0.05, 0) is 36.0 Å². The van der Waals surface area contributed by atoms with Crippen LogP contribution in [0.1, 0.15) is 42.7 Å². The van der Waals surface area contributed by atoms with Gasteiger partial charge in [-0.1, -0.05) is 56.9 Å². The Bertz CT molecular complexity index is 481. The van der Waals surface area contributed by atoms with Crippen molar-refractivity contribution in [2.24, 2.45) is 5.41 Å². The zero-order valence-electron chi connectivity index (χ0n) is 13.4. The molecular formula is C16H25NOS2. The second-order valence-corrected chi connectivity index (χ2v) is 8.27. The quantitative estimate of drug-likeness (QED) is 0.801. The van der Waals surface area contributed by atoms with Gasteiger partial charge in [-0.3, -0.25) is 0 Å². The fourth-order valence-corrected chi connectivity index (χ4v) is 3.42. The number of aryl methyl sites for hydroxylation is 2. The average molecular weight is 312 g/mol. The van der Waals surface area contributed by atoms with Crippen molar-refractivity contribution in [2.75, 3.05) is 14.1 Å². The first-order chi connectivity index (χ1) is 9.04. The minimum absolute atomic E-state index is 0.0839. The number of benzene rings is 1. The third kappa shape index (κ3) is 4.13. The van der Waals surface area contributed by atoms with Crippen LogP contribution in [0.5, 0.6) is 5.75 Å². The summed E-state index contributed by atoms with van der Waals surface area (Å²) in [5.74, 6) is 0.390. The Kier molecular flexibility index (Phi) is 5.50. The van der Waals surface area contributed by atoms with Crippen LogP contribution in [0.25, 0.3) is 0 Å². The van der Waals surface area contributed by atoms with E-state index in [9.17, 15) is 5.11 Å². The summed E-state index contributed by atoms with van der Waals surface area (Å²) in [7, 11) is 3.95. The normalized spacial score (nSPS) is 13.2.